The number of hydrogen-bond acceptors (Lipinski definition) is 4. The van der Waals surface area contributed by atoms with Gasteiger partial charge in [0.1, 0.15) is 0 Å². The lowest BCUT2D eigenvalue weighted by Crippen LogP contribution is -2.58. The second-order valence-electron chi connectivity index (χ2n) is 5.20. The summed E-state index contributed by atoms with van der Waals surface area (Å²) in [5.74, 6) is 0. The zero-order chi connectivity index (χ0) is 11.8. The van der Waals surface area contributed by atoms with Gasteiger partial charge < -0.3 is 10.4 Å². The monoisotopic (exact) mass is 247 g/mol. The molecule has 2 fully saturated rings. The molecular weight excluding hydrogens is 226 g/mol. The van der Waals surface area contributed by atoms with Gasteiger partial charge in [0.05, 0.1) is 10.9 Å². The summed E-state index contributed by atoms with van der Waals surface area (Å²) in [5.41, 5.74) is -1.03. The van der Waals surface area contributed by atoms with E-state index in [1.807, 2.05) is 0 Å². The van der Waals surface area contributed by atoms with Crippen LogP contribution in [0.25, 0.3) is 0 Å². The van der Waals surface area contributed by atoms with E-state index >= 15 is 0 Å². The Balaban J connectivity index is 2.21. The standard InChI is InChI=1S/C11H21NO3S/c1-16(14,15)10-6-4-7-11(10,13)9-5-2-3-8-12-9/h9-10,12-13H,2-8H2,1H3. The summed E-state index contributed by atoms with van der Waals surface area (Å²) >= 11 is 0. The van der Waals surface area contributed by atoms with Gasteiger partial charge in [-0.05, 0) is 38.6 Å². The van der Waals surface area contributed by atoms with Crippen LogP contribution in [0.4, 0.5) is 0 Å². The van der Waals surface area contributed by atoms with Crippen molar-refractivity contribution in [1.82, 2.24) is 5.32 Å². The third kappa shape index (κ3) is 2.13. The average Bonchev–Trinajstić information content (AvgIpc) is 2.63. The third-order valence-corrected chi connectivity index (χ3v) is 5.71. The fraction of sp³-hybridized carbons (Fsp3) is 1.00. The number of hydrogen-bond donors (Lipinski definition) is 2. The van der Waals surface area contributed by atoms with Gasteiger partial charge in [-0.1, -0.05) is 6.42 Å². The number of nitrogens with one attached hydrogen (secondary N) is 1. The number of aliphatic hydroxyl groups is 1. The Morgan fingerprint density at radius 1 is 1.25 bits per heavy atom. The summed E-state index contributed by atoms with van der Waals surface area (Å²) in [4.78, 5) is 0. The van der Waals surface area contributed by atoms with E-state index in [0.29, 0.717) is 12.8 Å². The fourth-order valence-electron chi connectivity index (χ4n) is 3.24. The van der Waals surface area contributed by atoms with Crippen LogP contribution >= 0.6 is 0 Å². The summed E-state index contributed by atoms with van der Waals surface area (Å²) < 4.78 is 23.4. The van der Waals surface area contributed by atoms with E-state index in [0.717, 1.165) is 32.2 Å². The molecule has 3 atom stereocenters. The highest BCUT2D eigenvalue weighted by Crippen LogP contribution is 2.39. The largest absolute Gasteiger partial charge is 0.387 e. The van der Waals surface area contributed by atoms with Crippen LogP contribution in [0.15, 0.2) is 0 Å². The average molecular weight is 247 g/mol. The van der Waals surface area contributed by atoms with Crippen molar-refractivity contribution in [2.75, 3.05) is 12.8 Å². The molecule has 2 aliphatic rings. The Hall–Kier alpha value is -0.130. The highest BCUT2D eigenvalue weighted by molar-refractivity contribution is 7.91. The maximum atomic E-state index is 11.7. The minimum absolute atomic E-state index is 0.0384. The van der Waals surface area contributed by atoms with Crippen molar-refractivity contribution in [2.45, 2.75) is 55.4 Å². The van der Waals surface area contributed by atoms with Crippen molar-refractivity contribution >= 4 is 9.84 Å². The minimum atomic E-state index is -3.15. The predicted molar refractivity (Wildman–Crippen MR) is 63.1 cm³/mol. The molecule has 2 N–H and O–H groups in total. The lowest BCUT2D eigenvalue weighted by atomic mass is 9.86. The van der Waals surface area contributed by atoms with Gasteiger partial charge in [0.2, 0.25) is 0 Å². The first kappa shape index (κ1) is 12.3. The molecule has 1 saturated carbocycles. The first-order valence-corrected chi connectivity index (χ1v) is 8.05. The molecule has 1 saturated heterocycles. The van der Waals surface area contributed by atoms with Crippen LogP contribution < -0.4 is 5.32 Å². The van der Waals surface area contributed by atoms with Gasteiger partial charge in [-0.25, -0.2) is 8.42 Å². The van der Waals surface area contributed by atoms with Crippen LogP contribution in [0.3, 0.4) is 0 Å². The van der Waals surface area contributed by atoms with Gasteiger partial charge in [0, 0.05) is 12.3 Å². The SMILES string of the molecule is CS(=O)(=O)C1CCCC1(O)C1CCCCN1. The smallest absolute Gasteiger partial charge is 0.153 e. The van der Waals surface area contributed by atoms with E-state index in [9.17, 15) is 13.5 Å². The van der Waals surface area contributed by atoms with Crippen molar-refractivity contribution in [1.29, 1.82) is 0 Å². The van der Waals surface area contributed by atoms with Crippen molar-refractivity contribution in [3.05, 3.63) is 0 Å². The molecule has 5 heteroatoms. The molecule has 0 bridgehead atoms. The quantitative estimate of drug-likeness (QED) is 0.744. The Labute approximate surface area is 97.3 Å². The van der Waals surface area contributed by atoms with E-state index < -0.39 is 20.7 Å². The summed E-state index contributed by atoms with van der Waals surface area (Å²) in [6, 6.07) is -0.0384. The summed E-state index contributed by atoms with van der Waals surface area (Å²) in [7, 11) is -3.15. The molecule has 1 aliphatic carbocycles. The molecule has 2 rings (SSSR count). The first-order chi connectivity index (χ1) is 7.44. The van der Waals surface area contributed by atoms with E-state index in [4.69, 9.17) is 0 Å². The normalized spacial score (nSPS) is 41.1. The topological polar surface area (TPSA) is 66.4 Å². The third-order valence-electron chi connectivity index (χ3n) is 4.03. The lowest BCUT2D eigenvalue weighted by molar-refractivity contribution is 0.00220. The van der Waals surface area contributed by atoms with Crippen LogP contribution in [0, 0.1) is 0 Å². The van der Waals surface area contributed by atoms with Gasteiger partial charge in [-0.2, -0.15) is 0 Å². The minimum Gasteiger partial charge on any atom is -0.387 e. The summed E-state index contributed by atoms with van der Waals surface area (Å²) in [6.07, 6.45) is 6.37. The molecular formula is C11H21NO3S. The first-order valence-electron chi connectivity index (χ1n) is 6.09. The summed E-state index contributed by atoms with van der Waals surface area (Å²) in [6.45, 7) is 0.892. The molecule has 0 amide bonds. The highest BCUT2D eigenvalue weighted by Gasteiger charge is 2.51. The molecule has 0 spiro atoms. The molecule has 16 heavy (non-hydrogen) atoms. The second kappa shape index (κ2) is 4.27. The van der Waals surface area contributed by atoms with E-state index in [-0.39, 0.29) is 6.04 Å². The zero-order valence-corrected chi connectivity index (χ0v) is 10.6. The predicted octanol–water partition coefficient (Wildman–Crippen LogP) is 0.457. The van der Waals surface area contributed by atoms with Gasteiger partial charge in [0.15, 0.2) is 9.84 Å². The Kier molecular flexibility index (Phi) is 3.29. The number of sulfone groups is 1. The Bertz CT molecular complexity index is 348. The number of rotatable bonds is 2. The van der Waals surface area contributed by atoms with Crippen LogP contribution in [0.5, 0.6) is 0 Å². The maximum absolute atomic E-state index is 11.7. The zero-order valence-electron chi connectivity index (χ0n) is 9.78. The van der Waals surface area contributed by atoms with Crippen molar-refractivity contribution < 1.29 is 13.5 Å². The molecule has 0 aromatic carbocycles. The van der Waals surface area contributed by atoms with Crippen LogP contribution in [-0.4, -0.2) is 43.2 Å². The van der Waals surface area contributed by atoms with Crippen LogP contribution in [-0.2, 0) is 9.84 Å². The van der Waals surface area contributed by atoms with Crippen molar-refractivity contribution in [3.63, 3.8) is 0 Å². The second-order valence-corrected chi connectivity index (χ2v) is 7.43. The van der Waals surface area contributed by atoms with Gasteiger partial charge >= 0.3 is 0 Å². The van der Waals surface area contributed by atoms with Gasteiger partial charge in [0.25, 0.3) is 0 Å². The van der Waals surface area contributed by atoms with Crippen LogP contribution in [0.1, 0.15) is 38.5 Å². The molecule has 0 aromatic rings. The molecule has 4 nitrogen and oxygen atoms in total. The molecule has 1 heterocycles. The van der Waals surface area contributed by atoms with Crippen molar-refractivity contribution in [3.8, 4) is 0 Å². The van der Waals surface area contributed by atoms with E-state index in [2.05, 4.69) is 5.32 Å². The fourth-order valence-corrected chi connectivity index (χ4v) is 4.86. The van der Waals surface area contributed by atoms with E-state index in [1.54, 1.807) is 0 Å². The van der Waals surface area contributed by atoms with Crippen LogP contribution in [0.2, 0.25) is 0 Å². The van der Waals surface area contributed by atoms with E-state index in [1.165, 1.54) is 6.26 Å². The summed E-state index contributed by atoms with van der Waals surface area (Å²) in [5, 5.41) is 13.4. The van der Waals surface area contributed by atoms with Crippen molar-refractivity contribution in [2.24, 2.45) is 0 Å². The molecule has 1 aliphatic heterocycles. The molecule has 94 valence electrons. The Morgan fingerprint density at radius 2 is 2.00 bits per heavy atom. The highest BCUT2D eigenvalue weighted by atomic mass is 32.2. The molecule has 0 aromatic heterocycles. The van der Waals surface area contributed by atoms with Gasteiger partial charge in [-0.3, -0.25) is 0 Å². The number of piperidine rings is 1. The molecule has 3 unspecified atom stereocenters. The lowest BCUT2D eigenvalue weighted by Gasteiger charge is -2.39. The van der Waals surface area contributed by atoms with Gasteiger partial charge in [-0.15, -0.1) is 0 Å². The molecule has 0 radical (unpaired) electrons. The maximum Gasteiger partial charge on any atom is 0.153 e. The Morgan fingerprint density at radius 3 is 2.56 bits per heavy atom.